The Labute approximate surface area is 99.8 Å². The monoisotopic (exact) mass is 240 g/mol. The first-order valence-corrected chi connectivity index (χ1v) is 5.54. The standard InChI is InChI=1S/C10H16N4OS/c1-3-7(4-9(11)16)13-10(15)8-5-12-14-6(8)2/h5,7H,3-4H2,1-2H3,(H2,11,16)(H,12,14)(H,13,15). The fourth-order valence-corrected chi connectivity index (χ4v) is 1.58. The lowest BCUT2D eigenvalue weighted by Crippen LogP contribution is -2.37. The number of carbonyl (C=O) groups excluding carboxylic acids is 1. The van der Waals surface area contributed by atoms with Crippen LogP contribution >= 0.6 is 12.2 Å². The molecular weight excluding hydrogens is 224 g/mol. The molecule has 1 atom stereocenters. The molecule has 0 radical (unpaired) electrons. The Morgan fingerprint density at radius 3 is 2.88 bits per heavy atom. The van der Waals surface area contributed by atoms with Crippen molar-refractivity contribution < 1.29 is 4.79 Å². The zero-order chi connectivity index (χ0) is 12.1. The topological polar surface area (TPSA) is 83.8 Å². The Hall–Kier alpha value is -1.43. The maximum Gasteiger partial charge on any atom is 0.254 e. The van der Waals surface area contributed by atoms with Crippen LogP contribution in [0.15, 0.2) is 6.20 Å². The van der Waals surface area contributed by atoms with E-state index in [4.69, 9.17) is 18.0 Å². The third-order valence-corrected chi connectivity index (χ3v) is 2.52. The van der Waals surface area contributed by atoms with Gasteiger partial charge >= 0.3 is 0 Å². The van der Waals surface area contributed by atoms with E-state index >= 15 is 0 Å². The fourth-order valence-electron chi connectivity index (χ4n) is 1.38. The Kier molecular flexibility index (Phi) is 4.42. The Morgan fingerprint density at radius 1 is 1.75 bits per heavy atom. The second-order valence-electron chi connectivity index (χ2n) is 3.66. The van der Waals surface area contributed by atoms with Crippen LogP contribution in [0.2, 0.25) is 0 Å². The summed E-state index contributed by atoms with van der Waals surface area (Å²) in [6, 6.07) is -0.0145. The van der Waals surface area contributed by atoms with Gasteiger partial charge < -0.3 is 11.1 Å². The van der Waals surface area contributed by atoms with Gasteiger partial charge in [-0.3, -0.25) is 9.89 Å². The average molecular weight is 240 g/mol. The SMILES string of the molecule is CCC(CC(N)=S)NC(=O)c1cn[nH]c1C. The lowest BCUT2D eigenvalue weighted by Gasteiger charge is -2.15. The van der Waals surface area contributed by atoms with Crippen molar-refractivity contribution in [1.82, 2.24) is 15.5 Å². The highest BCUT2D eigenvalue weighted by Crippen LogP contribution is 2.05. The summed E-state index contributed by atoms with van der Waals surface area (Å²) in [6.45, 7) is 3.78. The molecule has 16 heavy (non-hydrogen) atoms. The molecule has 0 aliphatic carbocycles. The lowest BCUT2D eigenvalue weighted by atomic mass is 10.1. The minimum atomic E-state index is -0.144. The molecule has 0 spiro atoms. The fraction of sp³-hybridized carbons (Fsp3) is 0.500. The van der Waals surface area contributed by atoms with Crippen molar-refractivity contribution >= 4 is 23.1 Å². The molecule has 5 nitrogen and oxygen atoms in total. The summed E-state index contributed by atoms with van der Waals surface area (Å²) >= 11 is 4.82. The van der Waals surface area contributed by atoms with Gasteiger partial charge in [0.2, 0.25) is 0 Å². The van der Waals surface area contributed by atoms with E-state index in [1.165, 1.54) is 6.20 Å². The third-order valence-electron chi connectivity index (χ3n) is 2.35. The number of H-pyrrole nitrogens is 1. The Bertz CT molecular complexity index is 388. The molecule has 0 aliphatic rings. The Balaban J connectivity index is 2.62. The highest BCUT2D eigenvalue weighted by Gasteiger charge is 2.15. The predicted octanol–water partition coefficient (Wildman–Crippen LogP) is 0.903. The Morgan fingerprint density at radius 2 is 2.44 bits per heavy atom. The van der Waals surface area contributed by atoms with Crippen molar-refractivity contribution in [2.75, 3.05) is 0 Å². The molecule has 0 aliphatic heterocycles. The summed E-state index contributed by atoms with van der Waals surface area (Å²) in [6.07, 6.45) is 2.83. The number of hydrogen-bond acceptors (Lipinski definition) is 3. The van der Waals surface area contributed by atoms with E-state index in [2.05, 4.69) is 15.5 Å². The van der Waals surface area contributed by atoms with Crippen molar-refractivity contribution in [3.05, 3.63) is 17.5 Å². The highest BCUT2D eigenvalue weighted by molar-refractivity contribution is 7.80. The van der Waals surface area contributed by atoms with Crippen LogP contribution in [-0.2, 0) is 0 Å². The maximum atomic E-state index is 11.8. The lowest BCUT2D eigenvalue weighted by molar-refractivity contribution is 0.0936. The largest absolute Gasteiger partial charge is 0.393 e. The van der Waals surface area contributed by atoms with Gasteiger partial charge in [-0.2, -0.15) is 5.10 Å². The number of aromatic amines is 1. The van der Waals surface area contributed by atoms with Crippen LogP contribution in [0.3, 0.4) is 0 Å². The van der Waals surface area contributed by atoms with E-state index in [9.17, 15) is 4.79 Å². The first kappa shape index (κ1) is 12.6. The molecule has 0 bridgehead atoms. The highest BCUT2D eigenvalue weighted by atomic mass is 32.1. The molecule has 1 heterocycles. The van der Waals surface area contributed by atoms with Crippen LogP contribution in [0.25, 0.3) is 0 Å². The second kappa shape index (κ2) is 5.60. The van der Waals surface area contributed by atoms with Gasteiger partial charge in [0.05, 0.1) is 16.7 Å². The number of thiocarbonyl (C=S) groups is 1. The molecular formula is C10H16N4OS. The van der Waals surface area contributed by atoms with Crippen LogP contribution in [0.5, 0.6) is 0 Å². The van der Waals surface area contributed by atoms with Gasteiger partial charge in [0.1, 0.15) is 0 Å². The number of aryl methyl sites for hydroxylation is 1. The minimum Gasteiger partial charge on any atom is -0.393 e. The van der Waals surface area contributed by atoms with Gasteiger partial charge in [0.15, 0.2) is 0 Å². The molecule has 1 amide bonds. The summed E-state index contributed by atoms with van der Waals surface area (Å²) in [5.41, 5.74) is 6.76. The minimum absolute atomic E-state index is 0.0145. The van der Waals surface area contributed by atoms with Crippen LogP contribution in [0, 0.1) is 6.92 Å². The van der Waals surface area contributed by atoms with Crippen LogP contribution in [0.4, 0.5) is 0 Å². The quantitative estimate of drug-likeness (QED) is 0.668. The number of nitrogens with zero attached hydrogens (tertiary/aromatic N) is 1. The number of carbonyl (C=O) groups is 1. The van der Waals surface area contributed by atoms with E-state index in [1.54, 1.807) is 6.92 Å². The number of rotatable bonds is 5. The molecule has 0 saturated carbocycles. The first-order chi connectivity index (χ1) is 7.54. The molecule has 4 N–H and O–H groups in total. The van der Waals surface area contributed by atoms with Gasteiger partial charge in [-0.05, 0) is 13.3 Å². The predicted molar refractivity (Wildman–Crippen MR) is 66.3 cm³/mol. The number of aromatic nitrogens is 2. The van der Waals surface area contributed by atoms with Crippen LogP contribution in [0.1, 0.15) is 35.8 Å². The van der Waals surface area contributed by atoms with Gasteiger partial charge in [-0.15, -0.1) is 0 Å². The average Bonchev–Trinajstić information content (AvgIpc) is 2.62. The number of hydrogen-bond donors (Lipinski definition) is 3. The number of nitrogens with two attached hydrogens (primary N) is 1. The molecule has 0 saturated heterocycles. The smallest absolute Gasteiger partial charge is 0.254 e. The van der Waals surface area contributed by atoms with Gasteiger partial charge in [0.25, 0.3) is 5.91 Å². The van der Waals surface area contributed by atoms with Crippen LogP contribution in [-0.4, -0.2) is 27.1 Å². The van der Waals surface area contributed by atoms with Crippen molar-refractivity contribution in [3.8, 4) is 0 Å². The summed E-state index contributed by atoms with van der Waals surface area (Å²) in [7, 11) is 0. The summed E-state index contributed by atoms with van der Waals surface area (Å²) < 4.78 is 0. The molecule has 1 aromatic heterocycles. The van der Waals surface area contributed by atoms with E-state index < -0.39 is 0 Å². The summed E-state index contributed by atoms with van der Waals surface area (Å²) in [4.78, 5) is 12.2. The van der Waals surface area contributed by atoms with E-state index in [0.717, 1.165) is 12.1 Å². The van der Waals surface area contributed by atoms with Crippen molar-refractivity contribution in [2.24, 2.45) is 5.73 Å². The zero-order valence-electron chi connectivity index (χ0n) is 9.41. The van der Waals surface area contributed by atoms with Crippen molar-refractivity contribution in [1.29, 1.82) is 0 Å². The molecule has 1 aromatic rings. The maximum absolute atomic E-state index is 11.8. The second-order valence-corrected chi connectivity index (χ2v) is 4.18. The molecule has 1 rings (SSSR count). The van der Waals surface area contributed by atoms with Crippen molar-refractivity contribution in [2.45, 2.75) is 32.7 Å². The molecule has 88 valence electrons. The summed E-state index contributed by atoms with van der Waals surface area (Å²) in [5.74, 6) is -0.144. The third kappa shape index (κ3) is 3.30. The molecule has 0 fully saturated rings. The van der Waals surface area contributed by atoms with Crippen molar-refractivity contribution in [3.63, 3.8) is 0 Å². The van der Waals surface area contributed by atoms with Gasteiger partial charge in [-0.25, -0.2) is 0 Å². The van der Waals surface area contributed by atoms with E-state index in [1.807, 2.05) is 6.92 Å². The molecule has 0 aromatic carbocycles. The normalized spacial score (nSPS) is 12.1. The van der Waals surface area contributed by atoms with E-state index in [0.29, 0.717) is 17.0 Å². The van der Waals surface area contributed by atoms with Gasteiger partial charge in [-0.1, -0.05) is 19.1 Å². The molecule has 6 heteroatoms. The number of amides is 1. The molecule has 1 unspecified atom stereocenters. The van der Waals surface area contributed by atoms with Crippen LogP contribution < -0.4 is 11.1 Å². The summed E-state index contributed by atoms with van der Waals surface area (Å²) in [5, 5.41) is 9.40. The first-order valence-electron chi connectivity index (χ1n) is 5.13. The van der Waals surface area contributed by atoms with E-state index in [-0.39, 0.29) is 11.9 Å². The van der Waals surface area contributed by atoms with Gasteiger partial charge in [0, 0.05) is 18.2 Å². The zero-order valence-corrected chi connectivity index (χ0v) is 10.2. The number of nitrogens with one attached hydrogen (secondary N) is 2.